The third-order valence-corrected chi connectivity index (χ3v) is 6.21. The maximum atomic E-state index is 13.6. The summed E-state index contributed by atoms with van der Waals surface area (Å²) < 4.78 is 31.1. The number of hydrogen-bond acceptors (Lipinski definition) is 8. The largest absolute Gasteiger partial charge is 0.493 e. The number of halogens is 1. The zero-order valence-corrected chi connectivity index (χ0v) is 21.8. The lowest BCUT2D eigenvalue weighted by atomic mass is 9.99. The second-order valence-electron chi connectivity index (χ2n) is 8.92. The highest BCUT2D eigenvalue weighted by Gasteiger charge is 2.25. The molecule has 202 valence electrons. The minimum absolute atomic E-state index is 0.219. The summed E-state index contributed by atoms with van der Waals surface area (Å²) >= 11 is 0. The van der Waals surface area contributed by atoms with Gasteiger partial charge in [0.05, 0.1) is 31.2 Å². The number of ether oxygens (including phenoxy) is 3. The van der Waals surface area contributed by atoms with Crippen molar-refractivity contribution in [2.45, 2.75) is 39.3 Å². The molecule has 10 heteroatoms. The van der Waals surface area contributed by atoms with Crippen molar-refractivity contribution in [1.82, 2.24) is 15.3 Å². The highest BCUT2D eigenvalue weighted by atomic mass is 19.1. The van der Waals surface area contributed by atoms with Crippen LogP contribution in [-0.2, 0) is 11.3 Å². The molecule has 9 nitrogen and oxygen atoms in total. The van der Waals surface area contributed by atoms with E-state index in [0.717, 1.165) is 42.6 Å². The number of nitrogens with two attached hydrogens (primary N) is 1. The van der Waals surface area contributed by atoms with Crippen LogP contribution in [-0.4, -0.2) is 54.8 Å². The standard InChI is InChI=1S/C28H34FN5O4/c1-3-36-24-13-19(14-25(37-4-2)27(24)20-5-7-21(29)8-6-20)17-34(22-9-11-31-12-10-22)28-32-15-23(16-33-28)38-18-26(30)35/h5-8,13-16,22,31H,3-4,9-12,17-18H2,1-2H3,(H2,30,35). The summed E-state index contributed by atoms with van der Waals surface area (Å²) in [7, 11) is 0. The minimum Gasteiger partial charge on any atom is -0.493 e. The molecule has 1 saturated heterocycles. The van der Waals surface area contributed by atoms with E-state index in [1.165, 1.54) is 12.1 Å². The quantitative estimate of drug-likeness (QED) is 0.370. The Balaban J connectivity index is 1.70. The fraction of sp³-hybridized carbons (Fsp3) is 0.393. The summed E-state index contributed by atoms with van der Waals surface area (Å²) in [6, 6.07) is 10.5. The third kappa shape index (κ3) is 6.89. The molecule has 2 aromatic carbocycles. The van der Waals surface area contributed by atoms with Crippen LogP contribution in [0.15, 0.2) is 48.8 Å². The summed E-state index contributed by atoms with van der Waals surface area (Å²) in [4.78, 5) is 22.3. The number of piperidine rings is 1. The zero-order valence-electron chi connectivity index (χ0n) is 21.8. The van der Waals surface area contributed by atoms with Crippen LogP contribution >= 0.6 is 0 Å². The first-order chi connectivity index (χ1) is 18.5. The fourth-order valence-electron chi connectivity index (χ4n) is 4.54. The molecule has 0 aliphatic carbocycles. The van der Waals surface area contributed by atoms with Crippen LogP contribution in [0.3, 0.4) is 0 Å². The molecular formula is C28H34FN5O4. The number of benzene rings is 2. The highest BCUT2D eigenvalue weighted by molar-refractivity contribution is 5.78. The molecule has 0 bridgehead atoms. The molecule has 0 radical (unpaired) electrons. The molecule has 1 aliphatic heterocycles. The van der Waals surface area contributed by atoms with Crippen molar-refractivity contribution in [2.75, 3.05) is 37.8 Å². The van der Waals surface area contributed by atoms with E-state index in [-0.39, 0.29) is 18.5 Å². The smallest absolute Gasteiger partial charge is 0.255 e. The van der Waals surface area contributed by atoms with E-state index in [2.05, 4.69) is 20.2 Å². The van der Waals surface area contributed by atoms with Crippen molar-refractivity contribution in [3.63, 3.8) is 0 Å². The van der Waals surface area contributed by atoms with Crippen molar-refractivity contribution in [1.29, 1.82) is 0 Å². The first-order valence-electron chi connectivity index (χ1n) is 12.9. The molecule has 1 amide bonds. The lowest BCUT2D eigenvalue weighted by molar-refractivity contribution is -0.119. The zero-order chi connectivity index (χ0) is 26.9. The molecule has 0 saturated carbocycles. The Morgan fingerprint density at radius 2 is 1.63 bits per heavy atom. The van der Waals surface area contributed by atoms with E-state index < -0.39 is 5.91 Å². The lowest BCUT2D eigenvalue weighted by Gasteiger charge is -2.35. The maximum Gasteiger partial charge on any atom is 0.255 e. The summed E-state index contributed by atoms with van der Waals surface area (Å²) in [5.41, 5.74) is 7.74. The van der Waals surface area contributed by atoms with Crippen LogP contribution in [0.25, 0.3) is 11.1 Å². The molecule has 2 heterocycles. The van der Waals surface area contributed by atoms with Gasteiger partial charge in [0.25, 0.3) is 5.91 Å². The van der Waals surface area contributed by atoms with Gasteiger partial charge < -0.3 is 30.2 Å². The maximum absolute atomic E-state index is 13.6. The van der Waals surface area contributed by atoms with Crippen LogP contribution < -0.4 is 30.2 Å². The predicted octanol–water partition coefficient (Wildman–Crippen LogP) is 3.70. The van der Waals surface area contributed by atoms with Gasteiger partial charge >= 0.3 is 0 Å². The Morgan fingerprint density at radius 3 is 2.18 bits per heavy atom. The number of rotatable bonds is 12. The number of nitrogens with zero attached hydrogens (tertiary/aromatic N) is 3. The van der Waals surface area contributed by atoms with Crippen LogP contribution in [0, 0.1) is 5.82 Å². The first-order valence-corrected chi connectivity index (χ1v) is 12.9. The van der Waals surface area contributed by atoms with E-state index in [0.29, 0.717) is 43.0 Å². The van der Waals surface area contributed by atoms with Crippen molar-refractivity contribution >= 4 is 11.9 Å². The van der Waals surface area contributed by atoms with Crippen LogP contribution in [0.1, 0.15) is 32.3 Å². The van der Waals surface area contributed by atoms with Gasteiger partial charge in [-0.2, -0.15) is 0 Å². The second kappa shape index (κ2) is 13.0. The summed E-state index contributed by atoms with van der Waals surface area (Å²) in [6.45, 7) is 6.89. The molecule has 0 unspecified atom stereocenters. The molecule has 0 spiro atoms. The molecule has 4 rings (SSSR count). The van der Waals surface area contributed by atoms with E-state index in [9.17, 15) is 9.18 Å². The van der Waals surface area contributed by atoms with Crippen molar-refractivity contribution in [3.05, 3.63) is 60.2 Å². The molecule has 3 N–H and O–H groups in total. The van der Waals surface area contributed by atoms with Gasteiger partial charge in [-0.05, 0) is 75.2 Å². The first kappa shape index (κ1) is 27.1. The van der Waals surface area contributed by atoms with Gasteiger partial charge in [0.1, 0.15) is 17.3 Å². The Bertz CT molecular complexity index is 1170. The highest BCUT2D eigenvalue weighted by Crippen LogP contribution is 2.40. The van der Waals surface area contributed by atoms with Crippen LogP contribution in [0.4, 0.5) is 10.3 Å². The molecule has 3 aromatic rings. The average Bonchev–Trinajstić information content (AvgIpc) is 2.92. The summed E-state index contributed by atoms with van der Waals surface area (Å²) in [6.07, 6.45) is 4.98. The number of primary amides is 1. The van der Waals surface area contributed by atoms with E-state index >= 15 is 0 Å². The van der Waals surface area contributed by atoms with Gasteiger partial charge in [-0.1, -0.05) is 12.1 Å². The second-order valence-corrected chi connectivity index (χ2v) is 8.92. The molecule has 0 atom stereocenters. The number of aromatic nitrogens is 2. The van der Waals surface area contributed by atoms with Crippen LogP contribution in [0.2, 0.25) is 0 Å². The number of carbonyl (C=O) groups is 1. The lowest BCUT2D eigenvalue weighted by Crippen LogP contribution is -2.43. The van der Waals surface area contributed by atoms with Gasteiger partial charge in [-0.3, -0.25) is 4.79 Å². The summed E-state index contributed by atoms with van der Waals surface area (Å²) in [5.74, 6) is 1.40. The Labute approximate surface area is 222 Å². The van der Waals surface area contributed by atoms with Crippen molar-refractivity contribution in [2.24, 2.45) is 5.73 Å². The number of nitrogens with one attached hydrogen (secondary N) is 1. The number of hydrogen-bond donors (Lipinski definition) is 2. The fourth-order valence-corrected chi connectivity index (χ4v) is 4.54. The van der Waals surface area contributed by atoms with Gasteiger partial charge in [-0.25, -0.2) is 14.4 Å². The normalized spacial score (nSPS) is 13.7. The van der Waals surface area contributed by atoms with Gasteiger partial charge in [0.2, 0.25) is 5.95 Å². The van der Waals surface area contributed by atoms with Gasteiger partial charge in [0.15, 0.2) is 12.4 Å². The number of amides is 1. The minimum atomic E-state index is -0.565. The molecule has 1 aromatic heterocycles. The van der Waals surface area contributed by atoms with Crippen LogP contribution in [0.5, 0.6) is 17.2 Å². The van der Waals surface area contributed by atoms with Gasteiger partial charge in [0, 0.05) is 12.6 Å². The van der Waals surface area contributed by atoms with E-state index in [4.69, 9.17) is 19.9 Å². The van der Waals surface area contributed by atoms with Crippen molar-refractivity contribution in [3.8, 4) is 28.4 Å². The molecular weight excluding hydrogens is 489 g/mol. The Hall–Kier alpha value is -3.92. The average molecular weight is 524 g/mol. The topological polar surface area (TPSA) is 112 Å². The Morgan fingerprint density at radius 1 is 1.03 bits per heavy atom. The van der Waals surface area contributed by atoms with Gasteiger partial charge in [-0.15, -0.1) is 0 Å². The van der Waals surface area contributed by atoms with Crippen molar-refractivity contribution < 1.29 is 23.4 Å². The molecule has 1 fully saturated rings. The predicted molar refractivity (Wildman–Crippen MR) is 143 cm³/mol. The van der Waals surface area contributed by atoms with E-state index in [1.807, 2.05) is 26.0 Å². The summed E-state index contributed by atoms with van der Waals surface area (Å²) in [5, 5.41) is 3.40. The molecule has 1 aliphatic rings. The van der Waals surface area contributed by atoms with E-state index in [1.54, 1.807) is 24.5 Å². The molecule has 38 heavy (non-hydrogen) atoms. The number of carbonyl (C=O) groups excluding carboxylic acids is 1. The Kier molecular flexibility index (Phi) is 9.31. The third-order valence-electron chi connectivity index (χ3n) is 6.21. The SMILES string of the molecule is CCOc1cc(CN(c2ncc(OCC(N)=O)cn2)C2CCNCC2)cc(OCC)c1-c1ccc(F)cc1. The number of anilines is 1. The monoisotopic (exact) mass is 523 g/mol.